The molecular weight excluding hydrogens is 223 g/mol. The smallest absolute Gasteiger partial charge is 0.260 e. The summed E-state index contributed by atoms with van der Waals surface area (Å²) in [5.41, 5.74) is -1.80. The third kappa shape index (κ3) is 1.47. The predicted octanol–water partition coefficient (Wildman–Crippen LogP) is 0.569. The van der Waals surface area contributed by atoms with Crippen molar-refractivity contribution >= 4 is 11.8 Å². The second-order valence-electron chi connectivity index (χ2n) is 5.70. The molecule has 2 aliphatic heterocycles. The Kier molecular flexibility index (Phi) is 2.07. The fourth-order valence-corrected chi connectivity index (χ4v) is 3.02. The van der Waals surface area contributed by atoms with Crippen molar-refractivity contribution in [3.05, 3.63) is 0 Å². The molecule has 3 rings (SSSR count). The number of amides is 2. The summed E-state index contributed by atoms with van der Waals surface area (Å²) in [7, 11) is 1.80. The molecule has 0 atom stereocenters. The first kappa shape index (κ1) is 11.0. The molecule has 2 amide bonds. The number of likely N-dealkylation sites (tertiary alicyclic amines) is 2. The molecule has 0 radical (unpaired) electrons. The van der Waals surface area contributed by atoms with E-state index in [-0.39, 0.29) is 17.2 Å². The Morgan fingerprint density at radius 3 is 2.24 bits per heavy atom. The first-order chi connectivity index (χ1) is 7.97. The van der Waals surface area contributed by atoms with E-state index in [1.165, 1.54) is 0 Å². The maximum Gasteiger partial charge on any atom is 0.260 e. The summed E-state index contributed by atoms with van der Waals surface area (Å²) in [5, 5.41) is 0. The number of hydrogen-bond acceptors (Lipinski definition) is 2. The molecule has 3 aliphatic rings. The summed E-state index contributed by atoms with van der Waals surface area (Å²) in [6, 6.07) is 0. The lowest BCUT2D eigenvalue weighted by atomic mass is 9.71. The highest BCUT2D eigenvalue weighted by atomic mass is 19.1. The van der Waals surface area contributed by atoms with Gasteiger partial charge in [0.1, 0.15) is 0 Å². The fourth-order valence-electron chi connectivity index (χ4n) is 3.02. The van der Waals surface area contributed by atoms with Crippen LogP contribution >= 0.6 is 0 Å². The molecule has 0 bridgehead atoms. The van der Waals surface area contributed by atoms with E-state index in [0.29, 0.717) is 38.8 Å². The van der Waals surface area contributed by atoms with Gasteiger partial charge in [-0.3, -0.25) is 9.59 Å². The number of alkyl halides is 1. The lowest BCUT2D eigenvalue weighted by Crippen LogP contribution is -2.63. The Hall–Kier alpha value is -1.13. The van der Waals surface area contributed by atoms with Gasteiger partial charge in [-0.05, 0) is 25.7 Å². The number of nitrogens with zero attached hydrogens (tertiary/aromatic N) is 2. The summed E-state index contributed by atoms with van der Waals surface area (Å²) >= 11 is 0. The van der Waals surface area contributed by atoms with Crippen molar-refractivity contribution in [2.24, 2.45) is 5.41 Å². The molecule has 3 fully saturated rings. The number of carbonyl (C=O) groups is 2. The molecule has 5 heteroatoms. The molecule has 0 aromatic heterocycles. The van der Waals surface area contributed by atoms with Gasteiger partial charge in [-0.15, -0.1) is 0 Å². The van der Waals surface area contributed by atoms with E-state index < -0.39 is 5.67 Å². The zero-order valence-corrected chi connectivity index (χ0v) is 10.0. The fraction of sp³-hybridized carbons (Fsp3) is 0.833. The van der Waals surface area contributed by atoms with Gasteiger partial charge in [0.25, 0.3) is 5.91 Å². The summed E-state index contributed by atoms with van der Waals surface area (Å²) in [5.74, 6) is -0.168. The van der Waals surface area contributed by atoms with Crippen LogP contribution in [-0.4, -0.2) is 54.0 Å². The molecule has 0 N–H and O–H groups in total. The summed E-state index contributed by atoms with van der Waals surface area (Å²) in [6.07, 6.45) is 2.13. The average molecular weight is 240 g/mol. The van der Waals surface area contributed by atoms with E-state index in [0.717, 1.165) is 6.54 Å². The molecule has 4 nitrogen and oxygen atoms in total. The van der Waals surface area contributed by atoms with Crippen LogP contribution in [-0.2, 0) is 9.59 Å². The van der Waals surface area contributed by atoms with Crippen molar-refractivity contribution in [3.8, 4) is 0 Å². The van der Waals surface area contributed by atoms with Crippen molar-refractivity contribution in [1.82, 2.24) is 9.80 Å². The largest absolute Gasteiger partial charge is 0.344 e. The van der Waals surface area contributed by atoms with Crippen molar-refractivity contribution in [2.75, 3.05) is 26.7 Å². The quantitative estimate of drug-likeness (QED) is 0.629. The van der Waals surface area contributed by atoms with Crippen LogP contribution in [0.5, 0.6) is 0 Å². The van der Waals surface area contributed by atoms with E-state index in [1.54, 1.807) is 16.8 Å². The van der Waals surface area contributed by atoms with Gasteiger partial charge in [0.15, 0.2) is 5.67 Å². The van der Waals surface area contributed by atoms with Gasteiger partial charge in [0.05, 0.1) is 5.41 Å². The Labute approximate surface area is 99.7 Å². The van der Waals surface area contributed by atoms with E-state index >= 15 is 0 Å². The number of rotatable bonds is 1. The van der Waals surface area contributed by atoms with Crippen LogP contribution in [0.3, 0.4) is 0 Å². The lowest BCUT2D eigenvalue weighted by Gasteiger charge is -2.51. The van der Waals surface area contributed by atoms with Crippen LogP contribution in [0.1, 0.15) is 25.7 Å². The Morgan fingerprint density at radius 2 is 1.82 bits per heavy atom. The lowest BCUT2D eigenvalue weighted by molar-refractivity contribution is -0.165. The third-order valence-corrected chi connectivity index (χ3v) is 4.42. The molecular formula is C12H17FN2O2. The molecule has 1 spiro atoms. The monoisotopic (exact) mass is 240 g/mol. The number of hydrogen-bond donors (Lipinski definition) is 0. The van der Waals surface area contributed by atoms with E-state index in [9.17, 15) is 14.0 Å². The topological polar surface area (TPSA) is 40.6 Å². The molecule has 1 aliphatic carbocycles. The minimum atomic E-state index is -1.56. The van der Waals surface area contributed by atoms with Crippen LogP contribution in [0, 0.1) is 5.41 Å². The maximum atomic E-state index is 13.6. The van der Waals surface area contributed by atoms with Crippen LogP contribution in [0.15, 0.2) is 0 Å². The predicted molar refractivity (Wildman–Crippen MR) is 59.0 cm³/mol. The van der Waals surface area contributed by atoms with Crippen molar-refractivity contribution < 1.29 is 14.0 Å². The van der Waals surface area contributed by atoms with Gasteiger partial charge in [0, 0.05) is 26.7 Å². The van der Waals surface area contributed by atoms with Gasteiger partial charge in [-0.2, -0.15) is 0 Å². The van der Waals surface area contributed by atoms with Crippen molar-refractivity contribution in [3.63, 3.8) is 0 Å². The summed E-state index contributed by atoms with van der Waals surface area (Å²) in [4.78, 5) is 26.9. The highest BCUT2D eigenvalue weighted by Gasteiger charge is 2.56. The molecule has 2 saturated heterocycles. The van der Waals surface area contributed by atoms with Crippen LogP contribution in [0.4, 0.5) is 4.39 Å². The minimum absolute atomic E-state index is 0.186. The zero-order chi connectivity index (χ0) is 12.3. The third-order valence-electron chi connectivity index (χ3n) is 4.42. The Balaban J connectivity index is 1.61. The Bertz CT molecular complexity index is 384. The Morgan fingerprint density at radius 1 is 1.24 bits per heavy atom. The average Bonchev–Trinajstić information content (AvgIpc) is 3.08. The normalized spacial score (nSPS) is 29.2. The van der Waals surface area contributed by atoms with Crippen LogP contribution < -0.4 is 0 Å². The molecule has 2 heterocycles. The van der Waals surface area contributed by atoms with Gasteiger partial charge >= 0.3 is 0 Å². The molecule has 17 heavy (non-hydrogen) atoms. The molecule has 0 aromatic carbocycles. The number of piperidine rings is 1. The highest BCUT2D eigenvalue weighted by molar-refractivity contribution is 5.90. The van der Waals surface area contributed by atoms with Crippen molar-refractivity contribution in [2.45, 2.75) is 31.4 Å². The molecule has 94 valence electrons. The molecule has 0 unspecified atom stereocenters. The molecule has 0 aromatic rings. The van der Waals surface area contributed by atoms with Gasteiger partial charge in [0.2, 0.25) is 5.91 Å². The van der Waals surface area contributed by atoms with Gasteiger partial charge in [-0.25, -0.2) is 4.39 Å². The second-order valence-corrected chi connectivity index (χ2v) is 5.70. The SMILES string of the molecule is CN1CC2(CCN(C(=O)C3(F)CC3)CC2)C1=O. The first-order valence-corrected chi connectivity index (χ1v) is 6.21. The zero-order valence-electron chi connectivity index (χ0n) is 10.0. The van der Waals surface area contributed by atoms with E-state index in [2.05, 4.69) is 0 Å². The minimum Gasteiger partial charge on any atom is -0.344 e. The highest BCUT2D eigenvalue weighted by Crippen LogP contribution is 2.45. The number of halogens is 1. The van der Waals surface area contributed by atoms with E-state index in [4.69, 9.17) is 0 Å². The van der Waals surface area contributed by atoms with Gasteiger partial charge in [-0.1, -0.05) is 0 Å². The van der Waals surface area contributed by atoms with Crippen LogP contribution in [0.2, 0.25) is 0 Å². The summed E-state index contributed by atoms with van der Waals surface area (Å²) < 4.78 is 13.6. The van der Waals surface area contributed by atoms with E-state index in [1.807, 2.05) is 0 Å². The standard InChI is InChI=1S/C12H17FN2O2/c1-14-8-11(9(14)16)4-6-15(7-5-11)10(17)12(13)2-3-12/h2-8H2,1H3. The van der Waals surface area contributed by atoms with Crippen molar-refractivity contribution in [1.29, 1.82) is 0 Å². The second kappa shape index (κ2) is 3.21. The maximum absolute atomic E-state index is 13.6. The van der Waals surface area contributed by atoms with Gasteiger partial charge < -0.3 is 9.80 Å². The molecule has 1 saturated carbocycles. The first-order valence-electron chi connectivity index (χ1n) is 6.21. The number of carbonyl (C=O) groups excluding carboxylic acids is 2. The number of β-lactam (4-membered cyclic amide) rings is 1. The van der Waals surface area contributed by atoms with Crippen LogP contribution in [0.25, 0.3) is 0 Å². The summed E-state index contributed by atoms with van der Waals surface area (Å²) in [6.45, 7) is 1.85.